The van der Waals surface area contributed by atoms with Crippen LogP contribution < -0.4 is 5.43 Å². The van der Waals surface area contributed by atoms with Crippen LogP contribution in [0.3, 0.4) is 0 Å². The molecule has 1 aromatic carbocycles. The highest BCUT2D eigenvalue weighted by Crippen LogP contribution is 2.30. The van der Waals surface area contributed by atoms with Crippen molar-refractivity contribution in [2.75, 3.05) is 12.5 Å². The molecule has 0 fully saturated rings. The van der Waals surface area contributed by atoms with Crippen molar-refractivity contribution in [3.63, 3.8) is 0 Å². The first-order chi connectivity index (χ1) is 12.1. The van der Waals surface area contributed by atoms with Gasteiger partial charge in [-0.25, -0.2) is 0 Å². The van der Waals surface area contributed by atoms with Crippen LogP contribution in [0.5, 0.6) is 0 Å². The molecule has 0 aromatic heterocycles. The lowest BCUT2D eigenvalue weighted by Crippen LogP contribution is -2.25. The van der Waals surface area contributed by atoms with Gasteiger partial charge in [0.2, 0.25) is 0 Å². The fraction of sp³-hybridized carbons (Fsp3) is 0.385. The first-order valence-electron chi connectivity index (χ1n) is 6.91. The summed E-state index contributed by atoms with van der Waals surface area (Å²) in [6, 6.07) is 2.53. The normalized spacial score (nSPS) is 12.6. The largest absolute Gasteiger partial charge is 0.469 e. The topological polar surface area (TPSA) is 137 Å². The summed E-state index contributed by atoms with van der Waals surface area (Å²) in [7, 11) is 1.04. The van der Waals surface area contributed by atoms with Gasteiger partial charge in [0.1, 0.15) is 5.69 Å². The van der Waals surface area contributed by atoms with Crippen LogP contribution in [0.15, 0.2) is 23.3 Å². The minimum atomic E-state index is -4.69. The number of nitrogens with one attached hydrogen (secondary N) is 1. The molecule has 0 aliphatic carbocycles. The lowest BCUT2D eigenvalue weighted by atomic mass is 10.0. The van der Waals surface area contributed by atoms with Crippen LogP contribution in [0.4, 0.5) is 30.2 Å². The number of alkyl halides is 3. The van der Waals surface area contributed by atoms with Crippen molar-refractivity contribution < 1.29 is 32.5 Å². The number of methoxy groups -OCH3 is 1. The first kappa shape index (κ1) is 20.8. The van der Waals surface area contributed by atoms with E-state index >= 15 is 0 Å². The SMILES string of the molecule is COC(=O)CCC(C=NNc1ccc([N+](=O)[O-])cc1[N+](=O)[O-])C(F)(F)F. The molecule has 142 valence electrons. The zero-order chi connectivity index (χ0) is 19.9. The van der Waals surface area contributed by atoms with E-state index in [2.05, 4.69) is 15.3 Å². The van der Waals surface area contributed by atoms with Crippen LogP contribution in [-0.4, -0.2) is 35.3 Å². The summed E-state index contributed by atoms with van der Waals surface area (Å²) >= 11 is 0. The Hall–Kier alpha value is -3.25. The van der Waals surface area contributed by atoms with Crippen molar-refractivity contribution in [2.24, 2.45) is 11.0 Å². The number of anilines is 1. The van der Waals surface area contributed by atoms with Crippen LogP contribution in [-0.2, 0) is 9.53 Å². The molecule has 0 aliphatic heterocycles. The molecule has 0 radical (unpaired) electrons. The summed E-state index contributed by atoms with van der Waals surface area (Å²) in [6.45, 7) is 0. The van der Waals surface area contributed by atoms with E-state index in [1.807, 2.05) is 0 Å². The van der Waals surface area contributed by atoms with E-state index in [1.165, 1.54) is 0 Å². The number of rotatable bonds is 8. The van der Waals surface area contributed by atoms with Gasteiger partial charge in [0.05, 0.1) is 28.9 Å². The molecule has 1 rings (SSSR count). The number of hydrogen-bond acceptors (Lipinski definition) is 8. The molecule has 0 saturated heterocycles. The van der Waals surface area contributed by atoms with Crippen molar-refractivity contribution in [3.8, 4) is 0 Å². The highest BCUT2D eigenvalue weighted by Gasteiger charge is 2.38. The molecule has 0 heterocycles. The zero-order valence-corrected chi connectivity index (χ0v) is 13.2. The Bertz CT molecular complexity index is 722. The monoisotopic (exact) mass is 378 g/mol. The van der Waals surface area contributed by atoms with Gasteiger partial charge >= 0.3 is 17.8 Å². The van der Waals surface area contributed by atoms with E-state index in [1.54, 1.807) is 0 Å². The molecule has 1 N–H and O–H groups in total. The molecule has 13 heteroatoms. The maximum absolute atomic E-state index is 12.9. The van der Waals surface area contributed by atoms with Gasteiger partial charge in [-0.15, -0.1) is 0 Å². The maximum atomic E-state index is 12.9. The molecule has 0 spiro atoms. The number of nitro groups is 2. The Morgan fingerprint density at radius 3 is 2.50 bits per heavy atom. The number of esters is 1. The first-order valence-corrected chi connectivity index (χ1v) is 6.91. The second-order valence-corrected chi connectivity index (χ2v) is 4.87. The molecule has 10 nitrogen and oxygen atoms in total. The lowest BCUT2D eigenvalue weighted by molar-refractivity contribution is -0.393. The van der Waals surface area contributed by atoms with Crippen molar-refractivity contribution in [1.82, 2.24) is 0 Å². The summed E-state index contributed by atoms with van der Waals surface area (Å²) in [5, 5.41) is 24.9. The van der Waals surface area contributed by atoms with Crippen LogP contribution in [0.25, 0.3) is 0 Å². The number of nitro benzene ring substituents is 2. The van der Waals surface area contributed by atoms with Crippen molar-refractivity contribution in [3.05, 3.63) is 38.4 Å². The second-order valence-electron chi connectivity index (χ2n) is 4.87. The van der Waals surface area contributed by atoms with Gasteiger partial charge in [0.15, 0.2) is 0 Å². The lowest BCUT2D eigenvalue weighted by Gasteiger charge is -2.15. The Balaban J connectivity index is 2.94. The Morgan fingerprint density at radius 2 is 2.00 bits per heavy atom. The summed E-state index contributed by atoms with van der Waals surface area (Å²) in [4.78, 5) is 30.7. The molecular weight excluding hydrogens is 365 g/mol. The highest BCUT2D eigenvalue weighted by atomic mass is 19.4. The number of hydrazone groups is 1. The van der Waals surface area contributed by atoms with Gasteiger partial charge < -0.3 is 4.74 Å². The molecule has 0 bridgehead atoms. The molecule has 26 heavy (non-hydrogen) atoms. The van der Waals surface area contributed by atoms with E-state index in [0.29, 0.717) is 12.3 Å². The average molecular weight is 378 g/mol. The fourth-order valence-corrected chi connectivity index (χ4v) is 1.77. The third kappa shape index (κ3) is 5.99. The number of hydrogen-bond donors (Lipinski definition) is 1. The van der Waals surface area contributed by atoms with Crippen LogP contribution in [0.1, 0.15) is 12.8 Å². The van der Waals surface area contributed by atoms with E-state index in [4.69, 9.17) is 0 Å². The predicted octanol–water partition coefficient (Wildman–Crippen LogP) is 3.03. The van der Waals surface area contributed by atoms with Gasteiger partial charge in [-0.1, -0.05) is 0 Å². The second kappa shape index (κ2) is 8.73. The molecular formula is C13H13F3N4O6. The number of carbonyl (C=O) groups is 1. The minimum absolute atomic E-state index is 0.328. The quantitative estimate of drug-likeness (QED) is 0.318. The number of benzene rings is 1. The highest BCUT2D eigenvalue weighted by molar-refractivity contribution is 5.71. The number of ether oxygens (including phenoxy) is 1. The number of nitrogens with zero attached hydrogens (tertiary/aromatic N) is 3. The average Bonchev–Trinajstić information content (AvgIpc) is 2.56. The van der Waals surface area contributed by atoms with Crippen molar-refractivity contribution in [1.29, 1.82) is 0 Å². The van der Waals surface area contributed by atoms with Gasteiger partial charge in [-0.3, -0.25) is 30.4 Å². The summed E-state index contributed by atoms with van der Waals surface area (Å²) in [5.41, 5.74) is 0.441. The van der Waals surface area contributed by atoms with E-state index in [0.717, 1.165) is 19.2 Å². The van der Waals surface area contributed by atoms with Gasteiger partial charge in [0, 0.05) is 18.7 Å². The third-order valence-electron chi connectivity index (χ3n) is 3.14. The Morgan fingerprint density at radius 1 is 1.35 bits per heavy atom. The van der Waals surface area contributed by atoms with Crippen LogP contribution in [0.2, 0.25) is 0 Å². The van der Waals surface area contributed by atoms with Gasteiger partial charge in [-0.05, 0) is 12.5 Å². The number of carbonyl (C=O) groups excluding carboxylic acids is 1. The smallest absolute Gasteiger partial charge is 0.396 e. The van der Waals surface area contributed by atoms with Crippen LogP contribution in [0, 0.1) is 26.1 Å². The molecule has 0 aliphatic rings. The van der Waals surface area contributed by atoms with E-state index in [9.17, 15) is 38.2 Å². The molecule has 1 unspecified atom stereocenters. The number of non-ortho nitro benzene ring substituents is 1. The predicted molar refractivity (Wildman–Crippen MR) is 82.7 cm³/mol. The van der Waals surface area contributed by atoms with Gasteiger partial charge in [-0.2, -0.15) is 18.3 Å². The van der Waals surface area contributed by atoms with Crippen LogP contribution >= 0.6 is 0 Å². The molecule has 0 saturated carbocycles. The van der Waals surface area contributed by atoms with Gasteiger partial charge in [0.25, 0.3) is 5.69 Å². The fourth-order valence-electron chi connectivity index (χ4n) is 1.77. The standard InChI is InChI=1S/C13H13F3N4O6/c1-26-12(21)5-2-8(13(14,15)16)7-17-18-10-4-3-9(19(22)23)6-11(10)20(24)25/h3-4,6-8,18H,2,5H2,1H3. The zero-order valence-electron chi connectivity index (χ0n) is 13.2. The Kier molecular flexibility index (Phi) is 6.98. The molecule has 1 atom stereocenters. The maximum Gasteiger partial charge on any atom is 0.396 e. The summed E-state index contributed by atoms with van der Waals surface area (Å²) in [5.74, 6) is -2.92. The van der Waals surface area contributed by atoms with Crippen molar-refractivity contribution in [2.45, 2.75) is 19.0 Å². The van der Waals surface area contributed by atoms with Crippen molar-refractivity contribution >= 4 is 29.2 Å². The third-order valence-corrected chi connectivity index (χ3v) is 3.14. The Labute approximate surface area is 143 Å². The van der Waals surface area contributed by atoms with E-state index < -0.39 is 52.1 Å². The minimum Gasteiger partial charge on any atom is -0.469 e. The summed E-state index contributed by atoms with van der Waals surface area (Å²) in [6.07, 6.45) is -5.36. The summed E-state index contributed by atoms with van der Waals surface area (Å²) < 4.78 is 42.9. The van der Waals surface area contributed by atoms with E-state index in [-0.39, 0.29) is 5.69 Å². The molecule has 0 amide bonds. The molecule has 1 aromatic rings. The number of halogens is 3.